The molecule has 2 rings (SSSR count). The van der Waals surface area contributed by atoms with Gasteiger partial charge in [0.05, 0.1) is 6.20 Å². The molecular formula is C12H9FN4. The van der Waals surface area contributed by atoms with Crippen LogP contribution in [0.25, 0.3) is 0 Å². The highest BCUT2D eigenvalue weighted by molar-refractivity contribution is 5.61. The van der Waals surface area contributed by atoms with Crippen LogP contribution in [0.15, 0.2) is 30.5 Å². The largest absolute Gasteiger partial charge is 0.339 e. The van der Waals surface area contributed by atoms with Crippen molar-refractivity contribution in [3.63, 3.8) is 0 Å². The third-order valence-electron chi connectivity index (χ3n) is 2.12. The number of rotatable bonds is 2. The van der Waals surface area contributed by atoms with Crippen LogP contribution >= 0.6 is 0 Å². The zero-order valence-corrected chi connectivity index (χ0v) is 9.11. The van der Waals surface area contributed by atoms with E-state index in [1.807, 2.05) is 6.07 Å². The fourth-order valence-corrected chi connectivity index (χ4v) is 1.35. The monoisotopic (exact) mass is 228 g/mol. The minimum Gasteiger partial charge on any atom is -0.339 e. The Hall–Kier alpha value is -2.48. The summed E-state index contributed by atoms with van der Waals surface area (Å²) in [7, 11) is 0. The molecule has 5 heteroatoms. The van der Waals surface area contributed by atoms with E-state index in [-0.39, 0.29) is 5.82 Å². The van der Waals surface area contributed by atoms with E-state index < -0.39 is 0 Å². The van der Waals surface area contributed by atoms with Gasteiger partial charge in [0.15, 0.2) is 5.82 Å². The molecule has 0 bridgehead atoms. The summed E-state index contributed by atoms with van der Waals surface area (Å²) >= 11 is 0. The second-order valence-corrected chi connectivity index (χ2v) is 3.43. The SMILES string of the molecule is Cc1ncc(C#N)c(Nc2cccc(F)c2)n1. The lowest BCUT2D eigenvalue weighted by atomic mass is 10.3. The quantitative estimate of drug-likeness (QED) is 0.857. The molecule has 0 saturated heterocycles. The molecule has 17 heavy (non-hydrogen) atoms. The molecule has 0 radical (unpaired) electrons. The second kappa shape index (κ2) is 4.58. The Bertz CT molecular complexity index is 589. The van der Waals surface area contributed by atoms with E-state index in [0.717, 1.165) is 0 Å². The smallest absolute Gasteiger partial charge is 0.152 e. The predicted octanol–water partition coefficient (Wildman–Crippen LogP) is 2.54. The summed E-state index contributed by atoms with van der Waals surface area (Å²) in [5, 5.41) is 11.8. The second-order valence-electron chi connectivity index (χ2n) is 3.43. The molecule has 0 aliphatic heterocycles. The van der Waals surface area contributed by atoms with Crippen molar-refractivity contribution >= 4 is 11.5 Å². The normalized spacial score (nSPS) is 9.71. The lowest BCUT2D eigenvalue weighted by Gasteiger charge is -2.07. The van der Waals surface area contributed by atoms with E-state index >= 15 is 0 Å². The molecular weight excluding hydrogens is 219 g/mol. The van der Waals surface area contributed by atoms with Crippen LogP contribution in [0.4, 0.5) is 15.9 Å². The van der Waals surface area contributed by atoms with Crippen molar-refractivity contribution in [2.75, 3.05) is 5.32 Å². The van der Waals surface area contributed by atoms with Crippen molar-refractivity contribution < 1.29 is 4.39 Å². The molecule has 1 N–H and O–H groups in total. The van der Waals surface area contributed by atoms with Crippen LogP contribution in [-0.4, -0.2) is 9.97 Å². The molecule has 1 aromatic carbocycles. The minimum atomic E-state index is -0.348. The summed E-state index contributed by atoms with van der Waals surface area (Å²) in [5.74, 6) is 0.577. The van der Waals surface area contributed by atoms with E-state index in [4.69, 9.17) is 5.26 Å². The molecule has 0 atom stereocenters. The Kier molecular flexibility index (Phi) is 2.97. The maximum absolute atomic E-state index is 13.0. The van der Waals surface area contributed by atoms with Gasteiger partial charge in [-0.2, -0.15) is 5.26 Å². The van der Waals surface area contributed by atoms with Crippen LogP contribution in [0, 0.1) is 24.1 Å². The summed E-state index contributed by atoms with van der Waals surface area (Å²) in [5.41, 5.74) is 0.861. The van der Waals surface area contributed by atoms with E-state index in [9.17, 15) is 4.39 Å². The molecule has 84 valence electrons. The van der Waals surface area contributed by atoms with Gasteiger partial charge in [-0.05, 0) is 25.1 Å². The summed E-state index contributed by atoms with van der Waals surface area (Å²) in [6, 6.07) is 7.93. The summed E-state index contributed by atoms with van der Waals surface area (Å²) in [4.78, 5) is 8.02. The fraction of sp³-hybridized carbons (Fsp3) is 0.0833. The Morgan fingerprint density at radius 2 is 2.24 bits per heavy atom. The van der Waals surface area contributed by atoms with Crippen molar-refractivity contribution in [1.82, 2.24) is 9.97 Å². The summed E-state index contributed by atoms with van der Waals surface area (Å²) in [6.45, 7) is 1.72. The molecule has 0 amide bonds. The van der Waals surface area contributed by atoms with Crippen LogP contribution < -0.4 is 5.32 Å². The highest BCUT2D eigenvalue weighted by atomic mass is 19.1. The first-order valence-corrected chi connectivity index (χ1v) is 4.95. The van der Waals surface area contributed by atoms with Crippen LogP contribution in [-0.2, 0) is 0 Å². The molecule has 4 nitrogen and oxygen atoms in total. The Balaban J connectivity index is 2.36. The number of anilines is 2. The zero-order valence-electron chi connectivity index (χ0n) is 9.11. The third-order valence-corrected chi connectivity index (χ3v) is 2.12. The number of hydrogen-bond acceptors (Lipinski definition) is 4. The number of halogens is 1. The number of nitrogens with zero attached hydrogens (tertiary/aromatic N) is 3. The maximum atomic E-state index is 13.0. The average molecular weight is 228 g/mol. The van der Waals surface area contributed by atoms with Gasteiger partial charge in [0.2, 0.25) is 0 Å². The van der Waals surface area contributed by atoms with Crippen molar-refractivity contribution in [3.05, 3.63) is 47.7 Å². The summed E-state index contributed by atoms with van der Waals surface area (Å²) < 4.78 is 13.0. The van der Waals surface area contributed by atoms with Gasteiger partial charge >= 0.3 is 0 Å². The van der Waals surface area contributed by atoms with Crippen molar-refractivity contribution in [1.29, 1.82) is 5.26 Å². The van der Waals surface area contributed by atoms with E-state index in [0.29, 0.717) is 22.9 Å². The Morgan fingerprint density at radius 3 is 2.94 bits per heavy atom. The number of benzene rings is 1. The van der Waals surface area contributed by atoms with Gasteiger partial charge in [-0.3, -0.25) is 0 Å². The van der Waals surface area contributed by atoms with Crippen LogP contribution in [0.3, 0.4) is 0 Å². The number of nitriles is 1. The molecule has 0 fully saturated rings. The number of hydrogen-bond donors (Lipinski definition) is 1. The highest BCUT2D eigenvalue weighted by Gasteiger charge is 2.05. The predicted molar refractivity (Wildman–Crippen MR) is 61.2 cm³/mol. The first kappa shape index (κ1) is 11.0. The summed E-state index contributed by atoms with van der Waals surface area (Å²) in [6.07, 6.45) is 1.43. The van der Waals surface area contributed by atoms with Gasteiger partial charge in [-0.1, -0.05) is 6.07 Å². The van der Waals surface area contributed by atoms with Gasteiger partial charge < -0.3 is 5.32 Å². The van der Waals surface area contributed by atoms with E-state index in [1.54, 1.807) is 19.1 Å². The molecule has 2 aromatic rings. The van der Waals surface area contributed by atoms with Gasteiger partial charge in [-0.15, -0.1) is 0 Å². The Morgan fingerprint density at radius 1 is 1.41 bits per heavy atom. The standard InChI is InChI=1S/C12H9FN4/c1-8-15-7-9(6-14)12(16-8)17-11-4-2-3-10(13)5-11/h2-5,7H,1H3,(H,15,16,17). The van der Waals surface area contributed by atoms with Crippen molar-refractivity contribution in [2.45, 2.75) is 6.92 Å². The topological polar surface area (TPSA) is 61.6 Å². The number of aryl methyl sites for hydroxylation is 1. The molecule has 0 unspecified atom stereocenters. The van der Waals surface area contributed by atoms with Gasteiger partial charge in [0.25, 0.3) is 0 Å². The molecule has 0 aliphatic rings. The first-order chi connectivity index (χ1) is 8.19. The maximum Gasteiger partial charge on any atom is 0.152 e. The highest BCUT2D eigenvalue weighted by Crippen LogP contribution is 2.18. The van der Waals surface area contributed by atoms with E-state index in [1.165, 1.54) is 18.3 Å². The minimum absolute atomic E-state index is 0.319. The van der Waals surface area contributed by atoms with Gasteiger partial charge in [-0.25, -0.2) is 14.4 Å². The van der Waals surface area contributed by atoms with Gasteiger partial charge in [0, 0.05) is 5.69 Å². The fourth-order valence-electron chi connectivity index (χ4n) is 1.35. The lowest BCUT2D eigenvalue weighted by Crippen LogP contribution is -2.00. The molecule has 1 heterocycles. The van der Waals surface area contributed by atoms with Crippen LogP contribution in [0.5, 0.6) is 0 Å². The molecule has 0 spiro atoms. The number of aromatic nitrogens is 2. The molecule has 0 saturated carbocycles. The van der Waals surface area contributed by atoms with Gasteiger partial charge in [0.1, 0.15) is 23.3 Å². The van der Waals surface area contributed by atoms with Crippen LogP contribution in [0.1, 0.15) is 11.4 Å². The Labute approximate surface area is 97.8 Å². The van der Waals surface area contributed by atoms with Crippen molar-refractivity contribution in [3.8, 4) is 6.07 Å². The zero-order chi connectivity index (χ0) is 12.3. The molecule has 0 aliphatic carbocycles. The first-order valence-electron chi connectivity index (χ1n) is 4.95. The number of nitrogens with one attached hydrogen (secondary N) is 1. The third kappa shape index (κ3) is 2.55. The van der Waals surface area contributed by atoms with E-state index in [2.05, 4.69) is 15.3 Å². The van der Waals surface area contributed by atoms with Crippen molar-refractivity contribution in [2.24, 2.45) is 0 Å². The lowest BCUT2D eigenvalue weighted by molar-refractivity contribution is 0.628. The molecule has 1 aromatic heterocycles. The van der Waals surface area contributed by atoms with Crippen LogP contribution in [0.2, 0.25) is 0 Å². The average Bonchev–Trinajstić information content (AvgIpc) is 2.29.